The van der Waals surface area contributed by atoms with Gasteiger partial charge in [0.2, 0.25) is 0 Å². The van der Waals surface area contributed by atoms with Crippen LogP contribution in [-0.4, -0.2) is 29.2 Å². The summed E-state index contributed by atoms with van der Waals surface area (Å²) in [5.74, 6) is 0.453. The topological polar surface area (TPSA) is 96.9 Å². The monoisotopic (exact) mass is 349 g/mol. The number of hydrogen-bond donors (Lipinski definition) is 3. The number of ether oxygens (including phenoxy) is 1. The lowest BCUT2D eigenvalue weighted by Crippen LogP contribution is -2.42. The van der Waals surface area contributed by atoms with Gasteiger partial charge in [0.05, 0.1) is 7.11 Å². The van der Waals surface area contributed by atoms with E-state index in [9.17, 15) is 9.18 Å². The van der Waals surface area contributed by atoms with Gasteiger partial charge in [-0.3, -0.25) is 5.32 Å². The van der Waals surface area contributed by atoms with Crippen LogP contribution in [0, 0.1) is 11.7 Å². The molecule has 4 N–H and O–H groups in total. The van der Waals surface area contributed by atoms with E-state index in [-0.39, 0.29) is 16.6 Å². The first-order chi connectivity index (χ1) is 11.4. The molecule has 1 aromatic carbocycles. The number of benzene rings is 1. The summed E-state index contributed by atoms with van der Waals surface area (Å²) in [7, 11) is 1.51. The van der Waals surface area contributed by atoms with Crippen molar-refractivity contribution in [2.24, 2.45) is 10.9 Å². The first-order valence-electron chi connectivity index (χ1n) is 7.18. The van der Waals surface area contributed by atoms with Crippen molar-refractivity contribution in [2.75, 3.05) is 18.6 Å². The van der Waals surface area contributed by atoms with Gasteiger partial charge in [-0.2, -0.15) is 0 Å². The number of nitrogen functional groups attached to an aromatic ring is 1. The van der Waals surface area contributed by atoms with Crippen molar-refractivity contribution in [2.45, 2.75) is 5.54 Å². The number of anilines is 1. The minimum Gasteiger partial charge on any atom is -0.497 e. The van der Waals surface area contributed by atoms with Crippen LogP contribution in [0.3, 0.4) is 0 Å². The quantitative estimate of drug-likeness (QED) is 0.713. The summed E-state index contributed by atoms with van der Waals surface area (Å²) < 4.78 is 19.9. The number of halogens is 1. The van der Waals surface area contributed by atoms with Gasteiger partial charge in [-0.15, -0.1) is 0 Å². The van der Waals surface area contributed by atoms with Crippen LogP contribution in [0.1, 0.15) is 5.56 Å². The van der Waals surface area contributed by atoms with Crippen molar-refractivity contribution in [3.8, 4) is 0 Å². The van der Waals surface area contributed by atoms with Gasteiger partial charge in [-0.1, -0.05) is 17.8 Å². The van der Waals surface area contributed by atoms with E-state index < -0.39 is 17.4 Å². The second-order valence-corrected chi connectivity index (χ2v) is 6.45. The van der Waals surface area contributed by atoms with E-state index in [1.165, 1.54) is 37.1 Å². The highest BCUT2D eigenvalue weighted by Gasteiger charge is 2.45. The van der Waals surface area contributed by atoms with Crippen molar-refractivity contribution < 1.29 is 19.0 Å². The van der Waals surface area contributed by atoms with Gasteiger partial charge in [0.15, 0.2) is 5.17 Å². The van der Waals surface area contributed by atoms with Crippen LogP contribution in [0.15, 0.2) is 47.2 Å². The first-order valence-corrected chi connectivity index (χ1v) is 8.16. The molecular formula is C16H16FN3O3S. The second kappa shape index (κ2) is 6.20. The maximum atomic E-state index is 14.6. The number of nitrogens with zero attached hydrogens (tertiary/aromatic N) is 1. The highest BCUT2D eigenvalue weighted by molar-refractivity contribution is 8.13. The van der Waals surface area contributed by atoms with Crippen molar-refractivity contribution in [1.82, 2.24) is 5.32 Å². The predicted molar refractivity (Wildman–Crippen MR) is 91.3 cm³/mol. The maximum absolute atomic E-state index is 14.6. The Hall–Kier alpha value is -2.48. The molecule has 0 bridgehead atoms. The van der Waals surface area contributed by atoms with Crippen molar-refractivity contribution >= 4 is 28.7 Å². The molecule has 24 heavy (non-hydrogen) atoms. The molecule has 0 spiro atoms. The van der Waals surface area contributed by atoms with Crippen LogP contribution in [0.5, 0.6) is 0 Å². The van der Waals surface area contributed by atoms with E-state index in [1.807, 2.05) is 6.08 Å². The molecule has 3 rings (SSSR count). The zero-order chi connectivity index (χ0) is 17.3. The largest absolute Gasteiger partial charge is 0.497 e. The van der Waals surface area contributed by atoms with Crippen LogP contribution >= 0.6 is 11.8 Å². The fourth-order valence-corrected chi connectivity index (χ4v) is 3.94. The average Bonchev–Trinajstić information content (AvgIpc) is 2.55. The molecule has 0 unspecified atom stereocenters. The van der Waals surface area contributed by atoms with Crippen molar-refractivity contribution in [3.05, 3.63) is 53.6 Å². The lowest BCUT2D eigenvalue weighted by molar-refractivity contribution is 0.200. The van der Waals surface area contributed by atoms with E-state index in [0.717, 1.165) is 0 Å². The molecule has 0 saturated carbocycles. The summed E-state index contributed by atoms with van der Waals surface area (Å²) in [6.45, 7) is 0. The SMILES string of the molecule is COC1=C[C@]2(c3cc(N)ccc3F)N=C(NC(=O)O)SC[C@@H]2C=C1. The standard InChI is InChI=1S/C16H16FN3O3S/c1-23-11-4-2-9-8-24-14(19-15(21)22)20-16(9,7-11)12-6-10(18)3-5-13(12)17/h2-7,9H,8,18H2,1H3,(H,19,20)(H,21,22)/t9-,16-/m0/s1. The summed E-state index contributed by atoms with van der Waals surface area (Å²) in [5, 5.41) is 11.4. The number of amidine groups is 1. The molecule has 1 aliphatic heterocycles. The summed E-state index contributed by atoms with van der Waals surface area (Å²) in [6.07, 6.45) is 4.19. The Morgan fingerprint density at radius 2 is 2.38 bits per heavy atom. The number of carboxylic acid groups (broad SMARTS) is 1. The summed E-state index contributed by atoms with van der Waals surface area (Å²) in [5.41, 5.74) is 5.42. The van der Waals surface area contributed by atoms with Gasteiger partial charge < -0.3 is 15.6 Å². The summed E-state index contributed by atoms with van der Waals surface area (Å²) in [6, 6.07) is 4.29. The molecule has 1 aliphatic carbocycles. The Kier molecular flexibility index (Phi) is 4.23. The number of amides is 1. The normalized spacial score (nSPS) is 25.3. The number of methoxy groups -OCH3 is 1. The molecule has 0 aromatic heterocycles. The Morgan fingerprint density at radius 1 is 1.58 bits per heavy atom. The average molecular weight is 349 g/mol. The number of carbonyl (C=O) groups is 1. The molecular weight excluding hydrogens is 333 g/mol. The van der Waals surface area contributed by atoms with Gasteiger partial charge in [-0.25, -0.2) is 14.2 Å². The number of allylic oxidation sites excluding steroid dienone is 1. The van der Waals surface area contributed by atoms with E-state index in [1.54, 1.807) is 12.2 Å². The highest BCUT2D eigenvalue weighted by atomic mass is 32.2. The van der Waals surface area contributed by atoms with E-state index in [2.05, 4.69) is 10.3 Å². The van der Waals surface area contributed by atoms with Crippen molar-refractivity contribution in [1.29, 1.82) is 0 Å². The third-order valence-corrected chi connectivity index (χ3v) is 4.97. The molecule has 0 saturated heterocycles. The van der Waals surface area contributed by atoms with Gasteiger partial charge in [0.1, 0.15) is 17.1 Å². The highest BCUT2D eigenvalue weighted by Crippen LogP contribution is 2.46. The van der Waals surface area contributed by atoms with Crippen LogP contribution in [0.4, 0.5) is 14.9 Å². The second-order valence-electron chi connectivity index (χ2n) is 5.44. The van der Waals surface area contributed by atoms with E-state index >= 15 is 0 Å². The summed E-state index contributed by atoms with van der Waals surface area (Å²) >= 11 is 1.27. The van der Waals surface area contributed by atoms with Crippen LogP contribution in [0.2, 0.25) is 0 Å². The molecule has 1 aromatic rings. The lowest BCUT2D eigenvalue weighted by Gasteiger charge is -2.40. The third-order valence-electron chi connectivity index (χ3n) is 3.98. The minimum absolute atomic E-state index is 0.156. The minimum atomic E-state index is -1.22. The Labute approximate surface area is 142 Å². The van der Waals surface area contributed by atoms with Crippen LogP contribution in [-0.2, 0) is 10.3 Å². The van der Waals surface area contributed by atoms with Gasteiger partial charge in [0.25, 0.3) is 0 Å². The van der Waals surface area contributed by atoms with E-state index in [4.69, 9.17) is 15.6 Å². The van der Waals surface area contributed by atoms with Gasteiger partial charge in [0, 0.05) is 22.9 Å². The fourth-order valence-electron chi connectivity index (χ4n) is 2.87. The smallest absolute Gasteiger partial charge is 0.410 e. The molecule has 2 aliphatic rings. The van der Waals surface area contributed by atoms with Gasteiger partial charge >= 0.3 is 6.09 Å². The van der Waals surface area contributed by atoms with E-state index in [0.29, 0.717) is 17.2 Å². The molecule has 8 heteroatoms. The van der Waals surface area contributed by atoms with Crippen molar-refractivity contribution in [3.63, 3.8) is 0 Å². The third kappa shape index (κ3) is 2.84. The molecule has 2 atom stereocenters. The Balaban J connectivity index is 2.21. The van der Waals surface area contributed by atoms with Gasteiger partial charge in [-0.05, 0) is 30.4 Å². The lowest BCUT2D eigenvalue weighted by atomic mass is 9.75. The predicted octanol–water partition coefficient (Wildman–Crippen LogP) is 2.69. The Bertz CT molecular complexity index is 778. The number of nitrogens with two attached hydrogens (primary N) is 1. The number of fused-ring (bicyclic) bond motifs is 1. The Morgan fingerprint density at radius 3 is 3.08 bits per heavy atom. The zero-order valence-electron chi connectivity index (χ0n) is 12.8. The maximum Gasteiger partial charge on any atom is 0.410 e. The van der Waals surface area contributed by atoms with Crippen LogP contribution in [0.25, 0.3) is 0 Å². The molecule has 1 amide bonds. The zero-order valence-corrected chi connectivity index (χ0v) is 13.6. The molecule has 6 nitrogen and oxygen atoms in total. The number of rotatable bonds is 2. The summed E-state index contributed by atoms with van der Waals surface area (Å²) in [4.78, 5) is 15.5. The molecule has 126 valence electrons. The molecule has 0 radical (unpaired) electrons. The fraction of sp³-hybridized carbons (Fsp3) is 0.250. The number of nitrogens with one attached hydrogen (secondary N) is 1. The first kappa shape index (κ1) is 16.4. The molecule has 1 heterocycles. The number of aliphatic imine (C=N–C) groups is 1. The van der Waals surface area contributed by atoms with Crippen LogP contribution < -0.4 is 11.1 Å². The number of thioether (sulfide) groups is 1. The molecule has 0 fully saturated rings. The number of hydrogen-bond acceptors (Lipinski definition) is 5.